The van der Waals surface area contributed by atoms with Crippen molar-refractivity contribution in [3.63, 3.8) is 0 Å². The van der Waals surface area contributed by atoms with E-state index in [1.54, 1.807) is 0 Å². The summed E-state index contributed by atoms with van der Waals surface area (Å²) < 4.78 is 35.4. The van der Waals surface area contributed by atoms with Crippen molar-refractivity contribution in [3.05, 3.63) is 82.4 Å². The lowest BCUT2D eigenvalue weighted by Gasteiger charge is -2.22. The van der Waals surface area contributed by atoms with Gasteiger partial charge in [0.25, 0.3) is 0 Å². The molecule has 1 atom stereocenters. The molecule has 0 radical (unpaired) electrons. The molecular formula is C33H36O6S. The molecule has 0 spiro atoms. The zero-order chi connectivity index (χ0) is 27.7. The first-order valence-electron chi connectivity index (χ1n) is 14.4. The van der Waals surface area contributed by atoms with E-state index < -0.39 is 15.8 Å². The molecule has 0 unspecified atom stereocenters. The van der Waals surface area contributed by atoms with Crippen molar-refractivity contribution in [2.45, 2.75) is 57.3 Å². The number of aliphatic carboxylic acids is 1. The summed E-state index contributed by atoms with van der Waals surface area (Å²) in [5.74, 6) is 1.69. The van der Waals surface area contributed by atoms with Crippen molar-refractivity contribution in [3.8, 4) is 22.6 Å². The third-order valence-electron chi connectivity index (χ3n) is 8.67. The van der Waals surface area contributed by atoms with E-state index in [0.717, 1.165) is 49.2 Å². The van der Waals surface area contributed by atoms with E-state index in [1.165, 1.54) is 33.4 Å². The van der Waals surface area contributed by atoms with E-state index in [0.29, 0.717) is 32.0 Å². The Labute approximate surface area is 236 Å². The van der Waals surface area contributed by atoms with Gasteiger partial charge in [0, 0.05) is 11.5 Å². The number of aryl methyl sites for hydroxylation is 4. The highest BCUT2D eigenvalue weighted by Crippen LogP contribution is 2.38. The van der Waals surface area contributed by atoms with Gasteiger partial charge < -0.3 is 14.6 Å². The van der Waals surface area contributed by atoms with Crippen LogP contribution in [0.3, 0.4) is 0 Å². The predicted octanol–water partition coefficient (Wildman–Crippen LogP) is 5.78. The smallest absolute Gasteiger partial charge is 0.304 e. The van der Waals surface area contributed by atoms with Gasteiger partial charge in [-0.25, -0.2) is 8.42 Å². The molecule has 3 aliphatic rings. The van der Waals surface area contributed by atoms with Crippen LogP contribution >= 0.6 is 0 Å². The first-order chi connectivity index (χ1) is 19.3. The topological polar surface area (TPSA) is 89.9 Å². The standard InChI is InChI=1S/C33H36O6S/c34-33(35)19-27-21-39-32-17-23(7-10-30(27)32)5-4-22-6-8-25-2-1-3-26-18-28(9-11-29(26)31(25)16-22)38-20-24-12-14-40(36,37)15-13-24/h6-11,16-18,24,27H,1-5,12-15,19-21H2,(H,34,35)/t27-/m1/s1. The molecule has 7 heteroatoms. The Balaban J connectivity index is 1.13. The summed E-state index contributed by atoms with van der Waals surface area (Å²) in [5, 5.41) is 9.15. The van der Waals surface area contributed by atoms with Gasteiger partial charge in [0.2, 0.25) is 0 Å². The molecule has 6 nitrogen and oxygen atoms in total. The van der Waals surface area contributed by atoms with Gasteiger partial charge in [-0.05, 0) is 102 Å². The van der Waals surface area contributed by atoms with Crippen LogP contribution in [0.1, 0.15) is 59.4 Å². The van der Waals surface area contributed by atoms with Crippen LogP contribution in [0.25, 0.3) is 11.1 Å². The van der Waals surface area contributed by atoms with Gasteiger partial charge in [-0.3, -0.25) is 4.79 Å². The van der Waals surface area contributed by atoms with Gasteiger partial charge in [-0.15, -0.1) is 0 Å². The van der Waals surface area contributed by atoms with Crippen LogP contribution in [0, 0.1) is 5.92 Å². The third-order valence-corrected chi connectivity index (χ3v) is 10.4. The minimum absolute atomic E-state index is 0.0665. The normalized spacial score (nSPS) is 19.6. The Hall–Kier alpha value is -3.32. The van der Waals surface area contributed by atoms with Crippen LogP contribution in [0.15, 0.2) is 54.6 Å². The quantitative estimate of drug-likeness (QED) is 0.376. The number of benzene rings is 3. The van der Waals surface area contributed by atoms with Crippen LogP contribution < -0.4 is 9.47 Å². The maximum atomic E-state index is 11.7. The SMILES string of the molecule is O=C(O)C[C@@H]1COc2cc(CCc3ccc4c(c3)-c3ccc(OCC5CCS(=O)(=O)CC5)cc3CCC4)ccc21. The number of carbonyl (C=O) groups is 1. The van der Waals surface area contributed by atoms with Gasteiger partial charge in [-0.2, -0.15) is 0 Å². The van der Waals surface area contributed by atoms with E-state index >= 15 is 0 Å². The molecule has 6 rings (SSSR count). The van der Waals surface area contributed by atoms with Crippen molar-refractivity contribution >= 4 is 15.8 Å². The van der Waals surface area contributed by atoms with Crippen molar-refractivity contribution < 1.29 is 27.8 Å². The molecule has 0 saturated carbocycles. The van der Waals surface area contributed by atoms with E-state index in [4.69, 9.17) is 14.6 Å². The summed E-state index contributed by atoms with van der Waals surface area (Å²) in [6.07, 6.45) is 6.44. The zero-order valence-corrected chi connectivity index (χ0v) is 23.5. The largest absolute Gasteiger partial charge is 0.493 e. The Morgan fingerprint density at radius 1 is 0.900 bits per heavy atom. The highest BCUT2D eigenvalue weighted by atomic mass is 32.2. The number of carboxylic acid groups (broad SMARTS) is 1. The number of hydrogen-bond acceptors (Lipinski definition) is 5. The average Bonchev–Trinajstić information content (AvgIpc) is 3.23. The Morgan fingerprint density at radius 3 is 2.45 bits per heavy atom. The molecule has 1 aliphatic carbocycles. The molecule has 2 aliphatic heterocycles. The number of rotatable bonds is 8. The summed E-state index contributed by atoms with van der Waals surface area (Å²) in [6, 6.07) is 19.5. The molecule has 3 aromatic carbocycles. The minimum Gasteiger partial charge on any atom is -0.493 e. The van der Waals surface area contributed by atoms with E-state index in [9.17, 15) is 13.2 Å². The summed E-state index contributed by atoms with van der Waals surface area (Å²) >= 11 is 0. The molecule has 1 saturated heterocycles. The maximum absolute atomic E-state index is 11.7. The summed E-state index contributed by atoms with van der Waals surface area (Å²) in [6.45, 7) is 1.01. The monoisotopic (exact) mass is 560 g/mol. The second kappa shape index (κ2) is 11.3. The number of hydrogen-bond donors (Lipinski definition) is 1. The Kier molecular flexibility index (Phi) is 7.58. The van der Waals surface area contributed by atoms with E-state index in [2.05, 4.69) is 48.5 Å². The molecule has 0 bridgehead atoms. The number of fused-ring (bicyclic) bond motifs is 4. The van der Waals surface area contributed by atoms with Gasteiger partial charge in [0.15, 0.2) is 0 Å². The van der Waals surface area contributed by atoms with Crippen molar-refractivity contribution in [1.29, 1.82) is 0 Å². The van der Waals surface area contributed by atoms with Crippen molar-refractivity contribution in [1.82, 2.24) is 0 Å². The van der Waals surface area contributed by atoms with Gasteiger partial charge in [0.05, 0.1) is 31.1 Å². The summed E-state index contributed by atoms with van der Waals surface area (Å²) in [7, 11) is -2.85. The first kappa shape index (κ1) is 26.9. The number of ether oxygens (including phenoxy) is 2. The molecule has 0 aromatic heterocycles. The Bertz CT molecular complexity index is 1510. The molecule has 40 heavy (non-hydrogen) atoms. The third kappa shape index (κ3) is 6.04. The van der Waals surface area contributed by atoms with Crippen LogP contribution in [0.2, 0.25) is 0 Å². The van der Waals surface area contributed by atoms with Crippen LogP contribution in [0.4, 0.5) is 0 Å². The van der Waals surface area contributed by atoms with Crippen molar-refractivity contribution in [2.24, 2.45) is 5.92 Å². The van der Waals surface area contributed by atoms with Gasteiger partial charge in [-0.1, -0.05) is 36.4 Å². The van der Waals surface area contributed by atoms with Crippen LogP contribution in [0.5, 0.6) is 11.5 Å². The Morgan fingerprint density at radius 2 is 1.65 bits per heavy atom. The highest BCUT2D eigenvalue weighted by Gasteiger charge is 2.27. The molecule has 2 heterocycles. The number of sulfone groups is 1. The van der Waals surface area contributed by atoms with Gasteiger partial charge in [0.1, 0.15) is 21.3 Å². The maximum Gasteiger partial charge on any atom is 0.304 e. The molecule has 3 aromatic rings. The predicted molar refractivity (Wildman–Crippen MR) is 155 cm³/mol. The van der Waals surface area contributed by atoms with E-state index in [-0.39, 0.29) is 23.8 Å². The highest BCUT2D eigenvalue weighted by molar-refractivity contribution is 7.91. The molecular weight excluding hydrogens is 524 g/mol. The second-order valence-corrected chi connectivity index (χ2v) is 13.9. The lowest BCUT2D eigenvalue weighted by atomic mass is 9.92. The van der Waals surface area contributed by atoms with Crippen LogP contribution in [-0.2, 0) is 40.3 Å². The lowest BCUT2D eigenvalue weighted by Crippen LogP contribution is -2.26. The lowest BCUT2D eigenvalue weighted by molar-refractivity contribution is -0.137. The van der Waals surface area contributed by atoms with E-state index in [1.807, 2.05) is 6.07 Å². The summed E-state index contributed by atoms with van der Waals surface area (Å²) in [5.41, 5.74) is 8.78. The second-order valence-electron chi connectivity index (χ2n) is 11.5. The fourth-order valence-electron chi connectivity index (χ4n) is 6.31. The zero-order valence-electron chi connectivity index (χ0n) is 22.7. The first-order valence-corrected chi connectivity index (χ1v) is 16.2. The van der Waals surface area contributed by atoms with Crippen LogP contribution in [-0.4, -0.2) is 44.2 Å². The fourth-order valence-corrected chi connectivity index (χ4v) is 7.90. The molecule has 0 amide bonds. The van der Waals surface area contributed by atoms with Crippen molar-refractivity contribution in [2.75, 3.05) is 24.7 Å². The molecule has 210 valence electrons. The van der Waals surface area contributed by atoms with Gasteiger partial charge >= 0.3 is 5.97 Å². The fraction of sp³-hybridized carbons (Fsp3) is 0.424. The number of carboxylic acids is 1. The molecule has 1 fully saturated rings. The minimum atomic E-state index is -2.85. The average molecular weight is 561 g/mol. The molecule has 1 N–H and O–H groups in total. The summed E-state index contributed by atoms with van der Waals surface area (Å²) in [4.78, 5) is 11.1.